The zero-order chi connectivity index (χ0) is 18.9. The van der Waals surface area contributed by atoms with Crippen molar-refractivity contribution in [2.75, 3.05) is 20.2 Å². The largest absolute Gasteiger partial charge is 0.495 e. The van der Waals surface area contributed by atoms with E-state index in [-0.39, 0.29) is 10.8 Å². The van der Waals surface area contributed by atoms with Gasteiger partial charge in [0.25, 0.3) is 10.0 Å². The number of hydrogen-bond donors (Lipinski definition) is 0. The molecule has 0 N–H and O–H groups in total. The third kappa shape index (κ3) is 3.21. The maximum absolute atomic E-state index is 13.4. The molecule has 5 nitrogen and oxygen atoms in total. The maximum atomic E-state index is 13.4. The fourth-order valence-electron chi connectivity index (χ4n) is 3.27. The Balaban J connectivity index is 2.11. The molecule has 1 heterocycles. The highest BCUT2D eigenvalue weighted by Gasteiger charge is 2.34. The van der Waals surface area contributed by atoms with Crippen LogP contribution in [0.25, 0.3) is 0 Å². The Labute approximate surface area is 155 Å². The van der Waals surface area contributed by atoms with E-state index in [1.807, 2.05) is 37.3 Å². The lowest BCUT2D eigenvalue weighted by Gasteiger charge is -2.23. The first-order chi connectivity index (χ1) is 12.4. The van der Waals surface area contributed by atoms with Crippen molar-refractivity contribution in [3.63, 3.8) is 0 Å². The topological polar surface area (TPSA) is 59.0 Å². The molecule has 1 aliphatic rings. The van der Waals surface area contributed by atoms with Gasteiger partial charge in [0, 0.05) is 5.56 Å². The molecule has 0 unspecified atom stereocenters. The van der Waals surface area contributed by atoms with Gasteiger partial charge in [-0.2, -0.15) is 0 Å². The van der Waals surface area contributed by atoms with E-state index in [0.717, 1.165) is 16.7 Å². The summed E-state index contributed by atoms with van der Waals surface area (Å²) in [6.45, 7) is 6.87. The molecular formula is C20H24N2O3S. The Morgan fingerprint density at radius 2 is 1.85 bits per heavy atom. The predicted octanol–water partition coefficient (Wildman–Crippen LogP) is 3.58. The van der Waals surface area contributed by atoms with E-state index < -0.39 is 10.0 Å². The second-order valence-corrected chi connectivity index (χ2v) is 8.49. The number of aliphatic imine (C=N–C) groups is 1. The molecule has 0 atom stereocenters. The van der Waals surface area contributed by atoms with Crippen LogP contribution in [0.15, 0.2) is 52.4 Å². The standard InChI is InChI=1S/C20H24N2O3S/c1-14(2)17-13-19(18(25-4)12-15(17)3)26(23,24)22-11-10-21-20(22)16-8-6-5-7-9-16/h5-9,12-14H,10-11H2,1-4H3. The predicted molar refractivity (Wildman–Crippen MR) is 104 cm³/mol. The summed E-state index contributed by atoms with van der Waals surface area (Å²) in [5, 5.41) is 0. The van der Waals surface area contributed by atoms with Gasteiger partial charge in [-0.25, -0.2) is 12.7 Å². The monoisotopic (exact) mass is 372 g/mol. The molecule has 0 aromatic heterocycles. The van der Waals surface area contributed by atoms with Crippen molar-refractivity contribution in [2.24, 2.45) is 4.99 Å². The van der Waals surface area contributed by atoms with Crippen LogP contribution in [0.5, 0.6) is 5.75 Å². The molecule has 1 aliphatic heterocycles. The van der Waals surface area contributed by atoms with Crippen LogP contribution in [0, 0.1) is 6.92 Å². The van der Waals surface area contributed by atoms with Gasteiger partial charge in [-0.1, -0.05) is 44.2 Å². The third-order valence-corrected chi connectivity index (χ3v) is 6.39. The number of methoxy groups -OCH3 is 1. The molecule has 138 valence electrons. The van der Waals surface area contributed by atoms with Crippen LogP contribution in [0.3, 0.4) is 0 Å². The van der Waals surface area contributed by atoms with E-state index in [2.05, 4.69) is 18.8 Å². The van der Waals surface area contributed by atoms with Gasteiger partial charge < -0.3 is 4.74 Å². The van der Waals surface area contributed by atoms with Crippen molar-refractivity contribution < 1.29 is 13.2 Å². The quantitative estimate of drug-likeness (QED) is 0.806. The minimum Gasteiger partial charge on any atom is -0.495 e. The number of hydrogen-bond acceptors (Lipinski definition) is 4. The van der Waals surface area contributed by atoms with Gasteiger partial charge >= 0.3 is 0 Å². The third-order valence-electron chi connectivity index (χ3n) is 4.58. The van der Waals surface area contributed by atoms with Gasteiger partial charge in [0.2, 0.25) is 0 Å². The summed E-state index contributed by atoms with van der Waals surface area (Å²) < 4.78 is 33.7. The van der Waals surface area contributed by atoms with Crippen LogP contribution in [0.2, 0.25) is 0 Å². The Bertz CT molecular complexity index is 935. The summed E-state index contributed by atoms with van der Waals surface area (Å²) in [5.41, 5.74) is 2.82. The molecule has 26 heavy (non-hydrogen) atoms. The number of nitrogens with zero attached hydrogens (tertiary/aromatic N) is 2. The highest BCUT2D eigenvalue weighted by Crippen LogP contribution is 2.34. The average Bonchev–Trinajstić information content (AvgIpc) is 3.12. The van der Waals surface area contributed by atoms with Crippen molar-refractivity contribution in [1.82, 2.24) is 4.31 Å². The highest BCUT2D eigenvalue weighted by molar-refractivity contribution is 7.89. The molecule has 0 fully saturated rings. The second kappa shape index (κ2) is 7.11. The Kier molecular flexibility index (Phi) is 5.05. The van der Waals surface area contributed by atoms with E-state index in [0.29, 0.717) is 24.7 Å². The summed E-state index contributed by atoms with van der Waals surface area (Å²) in [5.74, 6) is 1.07. The summed E-state index contributed by atoms with van der Waals surface area (Å²) in [4.78, 5) is 4.63. The molecule has 0 bridgehead atoms. The van der Waals surface area contributed by atoms with Crippen molar-refractivity contribution >= 4 is 15.9 Å². The molecular weight excluding hydrogens is 348 g/mol. The van der Waals surface area contributed by atoms with Crippen molar-refractivity contribution in [3.8, 4) is 5.75 Å². The second-order valence-electron chi connectivity index (χ2n) is 6.66. The van der Waals surface area contributed by atoms with E-state index in [1.165, 1.54) is 11.4 Å². The number of rotatable bonds is 5. The first kappa shape index (κ1) is 18.5. The molecule has 0 amide bonds. The lowest BCUT2D eigenvalue weighted by atomic mass is 9.98. The number of benzene rings is 2. The minimum absolute atomic E-state index is 0.194. The van der Waals surface area contributed by atoms with Gasteiger partial charge in [-0.3, -0.25) is 4.99 Å². The lowest BCUT2D eigenvalue weighted by molar-refractivity contribution is 0.400. The minimum atomic E-state index is -3.77. The molecule has 0 aliphatic carbocycles. The van der Waals surface area contributed by atoms with Gasteiger partial charge in [-0.05, 0) is 36.1 Å². The fraction of sp³-hybridized carbons (Fsp3) is 0.350. The van der Waals surface area contributed by atoms with Crippen molar-refractivity contribution in [2.45, 2.75) is 31.6 Å². The lowest BCUT2D eigenvalue weighted by Crippen LogP contribution is -2.35. The maximum Gasteiger partial charge on any atom is 0.269 e. The summed E-state index contributed by atoms with van der Waals surface area (Å²) in [7, 11) is -2.27. The summed E-state index contributed by atoms with van der Waals surface area (Å²) in [6, 6.07) is 13.0. The Morgan fingerprint density at radius 1 is 1.15 bits per heavy atom. The first-order valence-electron chi connectivity index (χ1n) is 8.67. The number of ether oxygens (including phenoxy) is 1. The van der Waals surface area contributed by atoms with Crippen molar-refractivity contribution in [3.05, 3.63) is 59.2 Å². The smallest absolute Gasteiger partial charge is 0.269 e. The van der Waals surface area contributed by atoms with E-state index in [4.69, 9.17) is 4.74 Å². The normalized spacial score (nSPS) is 14.7. The molecule has 3 rings (SSSR count). The van der Waals surface area contributed by atoms with E-state index >= 15 is 0 Å². The van der Waals surface area contributed by atoms with Crippen LogP contribution < -0.4 is 4.74 Å². The molecule has 0 radical (unpaired) electrons. The van der Waals surface area contributed by atoms with E-state index in [1.54, 1.807) is 12.1 Å². The number of amidine groups is 1. The van der Waals surface area contributed by atoms with E-state index in [9.17, 15) is 8.42 Å². The molecule has 2 aromatic rings. The zero-order valence-corrected chi connectivity index (χ0v) is 16.4. The SMILES string of the molecule is COc1cc(C)c(C(C)C)cc1S(=O)(=O)N1CCN=C1c1ccccc1. The van der Waals surface area contributed by atoms with Gasteiger partial charge in [-0.15, -0.1) is 0 Å². The van der Waals surface area contributed by atoms with Crippen LogP contribution in [-0.2, 0) is 10.0 Å². The molecule has 6 heteroatoms. The van der Waals surface area contributed by atoms with Crippen molar-refractivity contribution in [1.29, 1.82) is 0 Å². The van der Waals surface area contributed by atoms with Crippen LogP contribution in [0.4, 0.5) is 0 Å². The number of sulfonamides is 1. The Morgan fingerprint density at radius 3 is 2.46 bits per heavy atom. The van der Waals surface area contributed by atoms with Crippen LogP contribution in [-0.4, -0.2) is 38.8 Å². The Hall–Kier alpha value is -2.34. The van der Waals surface area contributed by atoms with Crippen LogP contribution >= 0.6 is 0 Å². The van der Waals surface area contributed by atoms with Gasteiger partial charge in [0.05, 0.1) is 20.2 Å². The molecule has 2 aromatic carbocycles. The van der Waals surface area contributed by atoms with Gasteiger partial charge in [0.15, 0.2) is 0 Å². The van der Waals surface area contributed by atoms with Gasteiger partial charge in [0.1, 0.15) is 16.5 Å². The highest BCUT2D eigenvalue weighted by atomic mass is 32.2. The molecule has 0 saturated heterocycles. The summed E-state index contributed by atoms with van der Waals surface area (Å²) in [6.07, 6.45) is 0. The first-order valence-corrected chi connectivity index (χ1v) is 10.1. The molecule has 0 saturated carbocycles. The van der Waals surface area contributed by atoms with Crippen LogP contribution in [0.1, 0.15) is 36.5 Å². The zero-order valence-electron chi connectivity index (χ0n) is 15.6. The summed E-state index contributed by atoms with van der Waals surface area (Å²) >= 11 is 0. The number of aryl methyl sites for hydroxylation is 1. The average molecular weight is 372 g/mol. The fourth-order valence-corrected chi connectivity index (χ4v) is 4.89. The molecule has 0 spiro atoms.